The van der Waals surface area contributed by atoms with Crippen LogP contribution >= 0.6 is 12.2 Å². The number of anilines is 2. The number of hydrogen-bond donors (Lipinski definition) is 1. The summed E-state index contributed by atoms with van der Waals surface area (Å²) >= 11 is 4.91. The number of rotatable bonds is 5. The predicted molar refractivity (Wildman–Crippen MR) is 124 cm³/mol. The maximum Gasteiger partial charge on any atom is 0.414 e. The second kappa shape index (κ2) is 10.2. The quantitative estimate of drug-likeness (QED) is 0.503. The van der Waals surface area contributed by atoms with Crippen LogP contribution < -0.4 is 15.1 Å². The molecule has 2 saturated heterocycles. The lowest BCUT2D eigenvalue weighted by atomic mass is 10.2. The van der Waals surface area contributed by atoms with Gasteiger partial charge in [0.25, 0.3) is 11.1 Å². The summed E-state index contributed by atoms with van der Waals surface area (Å²) in [5.41, 5.74) is 1.08. The third-order valence-corrected chi connectivity index (χ3v) is 5.97. The molecule has 0 bridgehead atoms. The van der Waals surface area contributed by atoms with Crippen LogP contribution in [0.4, 0.5) is 25.0 Å². The Labute approximate surface area is 200 Å². The van der Waals surface area contributed by atoms with E-state index in [4.69, 9.17) is 21.7 Å². The highest BCUT2D eigenvalue weighted by molar-refractivity contribution is 7.80. The van der Waals surface area contributed by atoms with E-state index in [-0.39, 0.29) is 24.2 Å². The molecule has 3 heterocycles. The van der Waals surface area contributed by atoms with E-state index in [1.54, 1.807) is 17.0 Å². The van der Waals surface area contributed by atoms with E-state index in [2.05, 4.69) is 10.3 Å². The molecule has 1 atom stereocenters. The van der Waals surface area contributed by atoms with Gasteiger partial charge in [0.2, 0.25) is 5.95 Å². The van der Waals surface area contributed by atoms with Crippen molar-refractivity contribution in [3.63, 3.8) is 0 Å². The smallest absolute Gasteiger partial charge is 0.414 e. The van der Waals surface area contributed by atoms with Crippen molar-refractivity contribution in [1.29, 1.82) is 0 Å². The van der Waals surface area contributed by atoms with Gasteiger partial charge in [-0.15, -0.1) is 0 Å². The Morgan fingerprint density at radius 3 is 2.65 bits per heavy atom. The van der Waals surface area contributed by atoms with Crippen molar-refractivity contribution < 1.29 is 27.8 Å². The van der Waals surface area contributed by atoms with E-state index in [1.165, 1.54) is 30.3 Å². The molecule has 0 unspecified atom stereocenters. The number of pyridine rings is 1. The Kier molecular flexibility index (Phi) is 7.06. The molecule has 1 N–H and O–H groups in total. The Bertz CT molecular complexity index is 1080. The first-order valence-corrected chi connectivity index (χ1v) is 11.0. The van der Waals surface area contributed by atoms with E-state index >= 15 is 0 Å². The number of nitrogens with zero attached hydrogens (tertiary/aromatic N) is 4. The average Bonchev–Trinajstić information content (AvgIpc) is 3.23. The third-order valence-electron chi connectivity index (χ3n) is 5.66. The molecular formula is C22H23F2N5O4S. The Morgan fingerprint density at radius 1 is 1.24 bits per heavy atom. The largest absolute Gasteiger partial charge is 0.474 e. The topological polar surface area (TPSA) is 87.2 Å². The molecule has 180 valence electrons. The van der Waals surface area contributed by atoms with E-state index in [0.717, 1.165) is 6.07 Å². The number of carbonyl (C=O) groups excluding carboxylic acids is 2. The highest BCUT2D eigenvalue weighted by atomic mass is 32.1. The number of ether oxygens (including phenoxy) is 2. The molecule has 4 rings (SSSR count). The van der Waals surface area contributed by atoms with Crippen LogP contribution in [0.25, 0.3) is 0 Å². The molecule has 34 heavy (non-hydrogen) atoms. The second-order valence-electron chi connectivity index (χ2n) is 7.77. The standard InChI is InChI=1S/C22H23F2N5O4S/c1-32-21(34)26-12-16-13-29(22(31)33-16)15-3-4-18(17(23)10-15)27-6-8-28(9-7-27)20(30)14-2-5-19(24)25-11-14/h2-5,10-11,16H,6-9,12-13H2,1H3,(H,26,34)/t16-/m0/s1. The minimum atomic E-state index is -0.648. The number of hydrogen-bond acceptors (Lipinski definition) is 7. The van der Waals surface area contributed by atoms with Crippen molar-refractivity contribution in [2.45, 2.75) is 6.10 Å². The normalized spacial score (nSPS) is 18.0. The van der Waals surface area contributed by atoms with Gasteiger partial charge in [0.15, 0.2) is 0 Å². The summed E-state index contributed by atoms with van der Waals surface area (Å²) in [5.74, 6) is -1.37. The number of amides is 2. The van der Waals surface area contributed by atoms with Crippen LogP contribution in [0.15, 0.2) is 36.5 Å². The number of cyclic esters (lactones) is 1. The molecule has 12 heteroatoms. The zero-order valence-electron chi connectivity index (χ0n) is 18.4. The number of piperazine rings is 1. The summed E-state index contributed by atoms with van der Waals surface area (Å²) in [4.78, 5) is 33.2. The monoisotopic (exact) mass is 491 g/mol. The SMILES string of the molecule is COC(=S)NC[C@H]1CN(c2ccc(N3CCN(C(=O)c4ccc(F)nc4)CC3)c(F)c2)C(=O)O1. The van der Waals surface area contributed by atoms with Crippen molar-refractivity contribution in [3.05, 3.63) is 53.9 Å². The number of carbonyl (C=O) groups is 2. The number of halogens is 2. The molecule has 2 aliphatic heterocycles. The molecule has 0 saturated carbocycles. The van der Waals surface area contributed by atoms with Crippen LogP contribution in [0.1, 0.15) is 10.4 Å². The van der Waals surface area contributed by atoms with Gasteiger partial charge in [-0.2, -0.15) is 4.39 Å². The minimum absolute atomic E-state index is 0.195. The molecule has 1 aromatic carbocycles. The van der Waals surface area contributed by atoms with Crippen molar-refractivity contribution in [1.82, 2.24) is 15.2 Å². The van der Waals surface area contributed by atoms with Gasteiger partial charge in [0.05, 0.1) is 37.1 Å². The number of aromatic nitrogens is 1. The summed E-state index contributed by atoms with van der Waals surface area (Å²) in [6.07, 6.45) is 0.188. The highest BCUT2D eigenvalue weighted by Crippen LogP contribution is 2.28. The first-order valence-electron chi connectivity index (χ1n) is 10.6. The van der Waals surface area contributed by atoms with Crippen molar-refractivity contribution in [2.24, 2.45) is 0 Å². The molecule has 2 amide bonds. The van der Waals surface area contributed by atoms with Gasteiger partial charge < -0.3 is 24.6 Å². The van der Waals surface area contributed by atoms with Crippen LogP contribution in [-0.4, -0.2) is 79.5 Å². The van der Waals surface area contributed by atoms with Gasteiger partial charge in [-0.25, -0.2) is 14.2 Å². The number of methoxy groups -OCH3 is 1. The first-order chi connectivity index (χ1) is 16.4. The number of benzene rings is 1. The highest BCUT2D eigenvalue weighted by Gasteiger charge is 2.33. The molecule has 2 aromatic rings. The number of thiocarbonyl (C=S) groups is 1. The van der Waals surface area contributed by atoms with Crippen LogP contribution in [0.5, 0.6) is 0 Å². The fourth-order valence-electron chi connectivity index (χ4n) is 3.86. The maximum atomic E-state index is 15.0. The molecule has 0 radical (unpaired) electrons. The zero-order chi connectivity index (χ0) is 24.2. The van der Waals surface area contributed by atoms with E-state index in [0.29, 0.717) is 43.1 Å². The van der Waals surface area contributed by atoms with Gasteiger partial charge in [-0.1, -0.05) is 0 Å². The summed E-state index contributed by atoms with van der Waals surface area (Å²) in [5, 5.41) is 3.03. The molecule has 9 nitrogen and oxygen atoms in total. The fraction of sp³-hybridized carbons (Fsp3) is 0.364. The van der Waals surface area contributed by atoms with Crippen molar-refractivity contribution in [3.8, 4) is 0 Å². The minimum Gasteiger partial charge on any atom is -0.474 e. The summed E-state index contributed by atoms with van der Waals surface area (Å²) in [7, 11) is 1.44. The van der Waals surface area contributed by atoms with Crippen LogP contribution in [0.3, 0.4) is 0 Å². The summed E-state index contributed by atoms with van der Waals surface area (Å²) < 4.78 is 38.1. The first kappa shape index (κ1) is 23.6. The van der Waals surface area contributed by atoms with Gasteiger partial charge >= 0.3 is 6.09 Å². The number of nitrogens with one attached hydrogen (secondary N) is 1. The van der Waals surface area contributed by atoms with E-state index in [9.17, 15) is 18.4 Å². The predicted octanol–water partition coefficient (Wildman–Crippen LogP) is 2.17. The lowest BCUT2D eigenvalue weighted by Gasteiger charge is -2.36. The van der Waals surface area contributed by atoms with Gasteiger partial charge in [0.1, 0.15) is 11.9 Å². The second-order valence-corrected chi connectivity index (χ2v) is 8.14. The van der Waals surface area contributed by atoms with Crippen molar-refractivity contribution >= 4 is 40.8 Å². The van der Waals surface area contributed by atoms with Crippen LogP contribution in [-0.2, 0) is 9.47 Å². The average molecular weight is 492 g/mol. The van der Waals surface area contributed by atoms with Gasteiger partial charge in [-0.05, 0) is 42.5 Å². The van der Waals surface area contributed by atoms with Crippen molar-refractivity contribution in [2.75, 3.05) is 56.2 Å². The maximum absolute atomic E-state index is 15.0. The van der Waals surface area contributed by atoms with Crippen LogP contribution in [0, 0.1) is 11.8 Å². The third kappa shape index (κ3) is 5.16. The molecule has 0 aliphatic carbocycles. The molecule has 2 fully saturated rings. The zero-order valence-corrected chi connectivity index (χ0v) is 19.2. The van der Waals surface area contributed by atoms with Crippen LogP contribution in [0.2, 0.25) is 0 Å². The fourth-order valence-corrected chi connectivity index (χ4v) is 3.95. The molecule has 1 aromatic heterocycles. The van der Waals surface area contributed by atoms with Gasteiger partial charge in [0, 0.05) is 32.4 Å². The lowest BCUT2D eigenvalue weighted by molar-refractivity contribution is 0.0746. The lowest BCUT2D eigenvalue weighted by Crippen LogP contribution is -2.49. The molecule has 0 spiro atoms. The molecule has 2 aliphatic rings. The Balaban J connectivity index is 1.35. The Morgan fingerprint density at radius 2 is 2.00 bits per heavy atom. The molecular weight excluding hydrogens is 468 g/mol. The van der Waals surface area contributed by atoms with E-state index < -0.39 is 24.0 Å². The van der Waals surface area contributed by atoms with E-state index in [1.807, 2.05) is 4.90 Å². The van der Waals surface area contributed by atoms with Gasteiger partial charge in [-0.3, -0.25) is 9.69 Å². The Hall–Kier alpha value is -3.54. The summed E-state index contributed by atoms with van der Waals surface area (Å²) in [6.45, 7) is 2.15. The summed E-state index contributed by atoms with van der Waals surface area (Å²) in [6, 6.07) is 7.12.